The summed E-state index contributed by atoms with van der Waals surface area (Å²) in [6.45, 7) is 2.24. The molecule has 1 aliphatic heterocycles. The first kappa shape index (κ1) is 18.2. The monoisotopic (exact) mass is 375 g/mol. The van der Waals surface area contributed by atoms with Gasteiger partial charge in [-0.2, -0.15) is 0 Å². The van der Waals surface area contributed by atoms with Gasteiger partial charge >= 0.3 is 12.0 Å². The molecule has 0 radical (unpaired) electrons. The van der Waals surface area contributed by atoms with Crippen LogP contribution in [0.15, 0.2) is 42.6 Å². The number of aromatic carboxylic acids is 1. The predicted octanol–water partition coefficient (Wildman–Crippen LogP) is 2.89. The van der Waals surface area contributed by atoms with E-state index < -0.39 is 5.97 Å². The van der Waals surface area contributed by atoms with Gasteiger partial charge in [0.15, 0.2) is 0 Å². The maximum absolute atomic E-state index is 13.0. The van der Waals surface area contributed by atoms with Crippen molar-refractivity contribution in [3.8, 4) is 0 Å². The standard InChI is InChI=1S/C18H18ClN3O4/c19-14-2-1-3-16(10-14)22(18(25)21-6-8-26-9-7-21)12-15-5-4-13(11-20-15)17(23)24/h1-5,10-11H,6-9,12H2,(H,23,24). The number of halogens is 1. The summed E-state index contributed by atoms with van der Waals surface area (Å²) in [5, 5.41) is 9.51. The summed E-state index contributed by atoms with van der Waals surface area (Å²) in [4.78, 5) is 31.5. The van der Waals surface area contributed by atoms with Crippen molar-refractivity contribution in [2.24, 2.45) is 0 Å². The van der Waals surface area contributed by atoms with Gasteiger partial charge in [0.1, 0.15) is 0 Å². The molecule has 8 heteroatoms. The Kier molecular flexibility index (Phi) is 5.70. The Bertz CT molecular complexity index is 791. The SMILES string of the molecule is O=C(O)c1ccc(CN(C(=O)N2CCOCC2)c2cccc(Cl)c2)nc1. The Morgan fingerprint density at radius 1 is 1.23 bits per heavy atom. The maximum atomic E-state index is 13.0. The van der Waals surface area contributed by atoms with Crippen LogP contribution in [-0.2, 0) is 11.3 Å². The summed E-state index contributed by atoms with van der Waals surface area (Å²) in [5.41, 5.74) is 1.33. The van der Waals surface area contributed by atoms with Crippen LogP contribution in [0, 0.1) is 0 Å². The molecule has 1 saturated heterocycles. The minimum absolute atomic E-state index is 0.0996. The Balaban J connectivity index is 1.87. The van der Waals surface area contributed by atoms with Crippen molar-refractivity contribution in [3.63, 3.8) is 0 Å². The molecule has 0 aliphatic carbocycles. The van der Waals surface area contributed by atoms with Crippen molar-refractivity contribution >= 4 is 29.3 Å². The first-order chi connectivity index (χ1) is 12.5. The number of carboxylic acids is 1. The molecular formula is C18H18ClN3O4. The predicted molar refractivity (Wildman–Crippen MR) is 96.6 cm³/mol. The van der Waals surface area contributed by atoms with Gasteiger partial charge in [0.05, 0.1) is 31.0 Å². The number of urea groups is 1. The van der Waals surface area contributed by atoms with E-state index in [1.807, 2.05) is 0 Å². The molecule has 136 valence electrons. The van der Waals surface area contributed by atoms with Gasteiger partial charge in [0.2, 0.25) is 0 Å². The third kappa shape index (κ3) is 4.30. The zero-order valence-corrected chi connectivity index (χ0v) is 14.7. The van der Waals surface area contributed by atoms with Crippen LogP contribution >= 0.6 is 11.6 Å². The van der Waals surface area contributed by atoms with E-state index in [4.69, 9.17) is 21.4 Å². The van der Waals surface area contributed by atoms with Crippen molar-refractivity contribution in [2.45, 2.75) is 6.54 Å². The highest BCUT2D eigenvalue weighted by atomic mass is 35.5. The first-order valence-electron chi connectivity index (χ1n) is 8.12. The summed E-state index contributed by atoms with van der Waals surface area (Å²) in [6.07, 6.45) is 1.28. The molecule has 0 spiro atoms. The number of benzene rings is 1. The number of nitrogens with zero attached hydrogens (tertiary/aromatic N) is 3. The third-order valence-electron chi connectivity index (χ3n) is 4.02. The van der Waals surface area contributed by atoms with Gasteiger partial charge in [-0.1, -0.05) is 17.7 Å². The molecule has 2 aromatic rings. The number of morpholine rings is 1. The zero-order valence-electron chi connectivity index (χ0n) is 14.0. The highest BCUT2D eigenvalue weighted by molar-refractivity contribution is 6.30. The fourth-order valence-electron chi connectivity index (χ4n) is 2.65. The molecule has 2 heterocycles. The van der Waals surface area contributed by atoms with E-state index in [0.29, 0.717) is 42.7 Å². The second kappa shape index (κ2) is 8.16. The number of rotatable bonds is 4. The number of carboxylic acid groups (broad SMARTS) is 1. The smallest absolute Gasteiger partial charge is 0.337 e. The second-order valence-corrected chi connectivity index (χ2v) is 6.23. The molecule has 1 aliphatic rings. The maximum Gasteiger partial charge on any atom is 0.337 e. The van der Waals surface area contributed by atoms with Crippen molar-refractivity contribution in [3.05, 3.63) is 58.9 Å². The molecule has 1 fully saturated rings. The zero-order chi connectivity index (χ0) is 18.5. The first-order valence-corrected chi connectivity index (χ1v) is 8.50. The molecular weight excluding hydrogens is 358 g/mol. The van der Waals surface area contributed by atoms with Crippen molar-refractivity contribution in [1.82, 2.24) is 9.88 Å². The van der Waals surface area contributed by atoms with Gasteiger partial charge < -0.3 is 14.7 Å². The summed E-state index contributed by atoms with van der Waals surface area (Å²) < 4.78 is 5.31. The summed E-state index contributed by atoms with van der Waals surface area (Å²) >= 11 is 6.09. The lowest BCUT2D eigenvalue weighted by Crippen LogP contribution is -2.48. The average molecular weight is 376 g/mol. The summed E-state index contributed by atoms with van der Waals surface area (Å²) in [6, 6.07) is 9.94. The van der Waals surface area contributed by atoms with Gasteiger partial charge in [-0.05, 0) is 30.3 Å². The molecule has 1 aromatic heterocycles. The van der Waals surface area contributed by atoms with E-state index in [1.165, 1.54) is 12.3 Å². The molecule has 7 nitrogen and oxygen atoms in total. The number of aromatic nitrogens is 1. The van der Waals surface area contributed by atoms with Crippen LogP contribution in [0.5, 0.6) is 0 Å². The van der Waals surface area contributed by atoms with Crippen molar-refractivity contribution < 1.29 is 19.4 Å². The van der Waals surface area contributed by atoms with E-state index in [9.17, 15) is 9.59 Å². The van der Waals surface area contributed by atoms with Crippen molar-refractivity contribution in [1.29, 1.82) is 0 Å². The molecule has 0 saturated carbocycles. The number of amides is 2. The molecule has 2 amide bonds. The number of carbonyl (C=O) groups excluding carboxylic acids is 1. The number of pyridine rings is 1. The highest BCUT2D eigenvalue weighted by Crippen LogP contribution is 2.23. The molecule has 0 atom stereocenters. The molecule has 1 N–H and O–H groups in total. The number of carbonyl (C=O) groups is 2. The lowest BCUT2D eigenvalue weighted by Gasteiger charge is -2.33. The van der Waals surface area contributed by atoms with Crippen LogP contribution in [0.3, 0.4) is 0 Å². The molecule has 1 aromatic carbocycles. The van der Waals surface area contributed by atoms with Crippen LogP contribution in [0.2, 0.25) is 5.02 Å². The number of anilines is 1. The summed E-state index contributed by atoms with van der Waals surface area (Å²) in [7, 11) is 0. The minimum Gasteiger partial charge on any atom is -0.478 e. The number of hydrogen-bond donors (Lipinski definition) is 1. The average Bonchev–Trinajstić information content (AvgIpc) is 2.66. The largest absolute Gasteiger partial charge is 0.478 e. The van der Waals surface area contributed by atoms with Crippen molar-refractivity contribution in [2.75, 3.05) is 31.2 Å². The van der Waals surface area contributed by atoms with Crippen LogP contribution in [0.4, 0.5) is 10.5 Å². The topological polar surface area (TPSA) is 83.0 Å². The van der Waals surface area contributed by atoms with Crippen LogP contribution in [0.1, 0.15) is 16.1 Å². The van der Waals surface area contributed by atoms with Gasteiger partial charge in [0, 0.05) is 30.0 Å². The van der Waals surface area contributed by atoms with Gasteiger partial charge in [-0.25, -0.2) is 9.59 Å². The van der Waals surface area contributed by atoms with Gasteiger partial charge in [0.25, 0.3) is 0 Å². The molecule has 0 unspecified atom stereocenters. The molecule has 3 rings (SSSR count). The summed E-state index contributed by atoms with van der Waals surface area (Å²) in [5.74, 6) is -1.04. The lowest BCUT2D eigenvalue weighted by molar-refractivity contribution is 0.0548. The normalized spacial score (nSPS) is 14.1. The highest BCUT2D eigenvalue weighted by Gasteiger charge is 2.25. The molecule has 26 heavy (non-hydrogen) atoms. The van der Waals surface area contributed by atoms with Gasteiger partial charge in [-0.15, -0.1) is 0 Å². The lowest BCUT2D eigenvalue weighted by atomic mass is 10.2. The Labute approximate surface area is 155 Å². The fourth-order valence-corrected chi connectivity index (χ4v) is 2.83. The Morgan fingerprint density at radius 2 is 2.00 bits per heavy atom. The number of ether oxygens (including phenoxy) is 1. The quantitative estimate of drug-likeness (QED) is 0.888. The Morgan fingerprint density at radius 3 is 2.62 bits per heavy atom. The van der Waals surface area contributed by atoms with E-state index in [1.54, 1.807) is 40.1 Å². The van der Waals surface area contributed by atoms with Crippen LogP contribution in [0.25, 0.3) is 0 Å². The minimum atomic E-state index is -1.04. The van der Waals surface area contributed by atoms with E-state index in [-0.39, 0.29) is 18.1 Å². The second-order valence-electron chi connectivity index (χ2n) is 5.79. The number of hydrogen-bond acceptors (Lipinski definition) is 4. The Hall–Kier alpha value is -2.64. The van der Waals surface area contributed by atoms with E-state index in [0.717, 1.165) is 0 Å². The van der Waals surface area contributed by atoms with Gasteiger partial charge in [-0.3, -0.25) is 9.88 Å². The molecule has 0 bridgehead atoms. The van der Waals surface area contributed by atoms with E-state index in [2.05, 4.69) is 4.98 Å². The van der Waals surface area contributed by atoms with E-state index >= 15 is 0 Å². The van der Waals surface area contributed by atoms with Crippen LogP contribution < -0.4 is 4.90 Å². The fraction of sp³-hybridized carbons (Fsp3) is 0.278. The third-order valence-corrected chi connectivity index (χ3v) is 4.26. The van der Waals surface area contributed by atoms with Crippen LogP contribution in [-0.4, -0.2) is 53.3 Å².